The number of thiazole rings is 1. The van der Waals surface area contributed by atoms with Crippen LogP contribution in [0.2, 0.25) is 5.02 Å². The molecule has 1 amide bonds. The smallest absolute Gasteiger partial charge is 0.302 e. The number of anilines is 1. The molecule has 0 radical (unpaired) electrons. The van der Waals surface area contributed by atoms with Crippen molar-refractivity contribution < 1.29 is 18.0 Å². The van der Waals surface area contributed by atoms with Crippen molar-refractivity contribution in [3.8, 4) is 10.7 Å². The van der Waals surface area contributed by atoms with Gasteiger partial charge in [0.2, 0.25) is 5.91 Å². The number of carbonyl (C=O) groups is 1. The molecule has 0 fully saturated rings. The summed E-state index contributed by atoms with van der Waals surface area (Å²) in [5.41, 5.74) is 0.524. The topological polar surface area (TPSA) is 59.8 Å². The summed E-state index contributed by atoms with van der Waals surface area (Å²) < 4.78 is 40.5. The van der Waals surface area contributed by atoms with E-state index in [9.17, 15) is 18.0 Å². The Kier molecular flexibility index (Phi) is 5.28. The number of carbonyl (C=O) groups excluding carboxylic acids is 1. The monoisotopic (exact) mass is 400 g/mol. The molecule has 26 heavy (non-hydrogen) atoms. The molecule has 0 aliphatic rings. The van der Waals surface area contributed by atoms with Crippen molar-refractivity contribution in [3.63, 3.8) is 0 Å². The maximum Gasteiger partial charge on any atom is 0.320 e. The molecule has 0 aliphatic heterocycles. The zero-order chi connectivity index (χ0) is 18.8. The van der Waals surface area contributed by atoms with Gasteiger partial charge < -0.3 is 5.32 Å². The van der Waals surface area contributed by atoms with Gasteiger partial charge in [0.15, 0.2) is 11.0 Å². The van der Waals surface area contributed by atoms with Crippen LogP contribution < -0.4 is 5.32 Å². The van der Waals surface area contributed by atoms with E-state index in [1.165, 1.54) is 24.4 Å². The fourth-order valence-corrected chi connectivity index (χ4v) is 3.54. The first-order valence-electron chi connectivity index (χ1n) is 7.38. The predicted octanol–water partition coefficient (Wildman–Crippen LogP) is 4.68. The predicted molar refractivity (Wildman–Crippen MR) is 93.1 cm³/mol. The molecule has 0 saturated heterocycles. The first-order valence-corrected chi connectivity index (χ1v) is 8.57. The average molecular weight is 401 g/mol. The van der Waals surface area contributed by atoms with E-state index in [1.54, 1.807) is 6.92 Å². The largest absolute Gasteiger partial charge is 0.320 e. The van der Waals surface area contributed by atoms with E-state index in [4.69, 9.17) is 11.6 Å². The molecule has 0 bridgehead atoms. The molecule has 3 rings (SSSR count). The van der Waals surface area contributed by atoms with Crippen LogP contribution in [0.15, 0.2) is 30.6 Å². The lowest BCUT2D eigenvalue weighted by Crippen LogP contribution is -2.15. The minimum absolute atomic E-state index is 0.0626. The summed E-state index contributed by atoms with van der Waals surface area (Å²) >= 11 is 6.92. The van der Waals surface area contributed by atoms with Gasteiger partial charge in [-0.3, -0.25) is 9.36 Å². The van der Waals surface area contributed by atoms with Crippen LogP contribution in [0.4, 0.5) is 18.3 Å². The second-order valence-corrected chi connectivity index (χ2v) is 6.70. The van der Waals surface area contributed by atoms with Crippen LogP contribution in [0.25, 0.3) is 10.7 Å². The van der Waals surface area contributed by atoms with Crippen molar-refractivity contribution in [1.82, 2.24) is 14.5 Å². The number of nitrogens with one attached hydrogen (secondary N) is 1. The minimum Gasteiger partial charge on any atom is -0.302 e. The summed E-state index contributed by atoms with van der Waals surface area (Å²) in [7, 11) is 0. The molecule has 10 heteroatoms. The van der Waals surface area contributed by atoms with Crippen LogP contribution in [-0.4, -0.2) is 20.4 Å². The van der Waals surface area contributed by atoms with Crippen molar-refractivity contribution in [2.75, 3.05) is 5.32 Å². The summed E-state index contributed by atoms with van der Waals surface area (Å²) in [6.07, 6.45) is 2.15. The lowest BCUT2D eigenvalue weighted by Gasteiger charge is -2.05. The van der Waals surface area contributed by atoms with Crippen LogP contribution in [0.3, 0.4) is 0 Å². The Morgan fingerprint density at radius 3 is 2.88 bits per heavy atom. The molecule has 1 N–H and O–H groups in total. The van der Waals surface area contributed by atoms with E-state index in [1.807, 2.05) is 0 Å². The van der Waals surface area contributed by atoms with Crippen molar-refractivity contribution in [2.24, 2.45) is 0 Å². The minimum atomic E-state index is -2.74. The fraction of sp³-hybridized carbons (Fsp3) is 0.188. The van der Waals surface area contributed by atoms with Gasteiger partial charge >= 0.3 is 6.55 Å². The van der Waals surface area contributed by atoms with Gasteiger partial charge in [-0.05, 0) is 19.1 Å². The maximum absolute atomic E-state index is 13.8. The summed E-state index contributed by atoms with van der Waals surface area (Å²) in [5.74, 6) is -1.04. The van der Waals surface area contributed by atoms with Gasteiger partial charge in [-0.1, -0.05) is 29.0 Å². The zero-order valence-electron chi connectivity index (χ0n) is 13.3. The number of aryl methyl sites for hydroxylation is 1. The molecule has 136 valence electrons. The van der Waals surface area contributed by atoms with Gasteiger partial charge in [-0.2, -0.15) is 8.78 Å². The van der Waals surface area contributed by atoms with Gasteiger partial charge in [-0.15, -0.1) is 0 Å². The van der Waals surface area contributed by atoms with Crippen molar-refractivity contribution in [2.45, 2.75) is 19.9 Å². The SMILES string of the molecule is Cc1nc(NC(=O)Cc2c(F)cccc2Cl)sc1-c1nccn1C(F)F. The molecule has 0 atom stereocenters. The molecule has 0 aliphatic carbocycles. The molecule has 0 spiro atoms. The summed E-state index contributed by atoms with van der Waals surface area (Å²) in [5, 5.41) is 2.89. The normalized spacial score (nSPS) is 11.2. The quantitative estimate of drug-likeness (QED) is 0.676. The molecule has 2 aromatic heterocycles. The Bertz CT molecular complexity index is 937. The summed E-state index contributed by atoms with van der Waals surface area (Å²) in [6.45, 7) is -1.12. The van der Waals surface area contributed by atoms with Gasteiger partial charge in [0.1, 0.15) is 5.82 Å². The van der Waals surface area contributed by atoms with Gasteiger partial charge in [-0.25, -0.2) is 14.4 Å². The van der Waals surface area contributed by atoms with Crippen LogP contribution in [0, 0.1) is 12.7 Å². The van der Waals surface area contributed by atoms with Crippen molar-refractivity contribution in [1.29, 1.82) is 0 Å². The van der Waals surface area contributed by atoms with Gasteiger partial charge in [0.05, 0.1) is 17.0 Å². The van der Waals surface area contributed by atoms with E-state index >= 15 is 0 Å². The van der Waals surface area contributed by atoms with E-state index in [2.05, 4.69) is 15.3 Å². The number of halogens is 4. The van der Waals surface area contributed by atoms with Crippen molar-refractivity contribution in [3.05, 3.63) is 52.7 Å². The number of aromatic nitrogens is 3. The molecule has 5 nitrogen and oxygen atoms in total. The van der Waals surface area contributed by atoms with Crippen LogP contribution >= 0.6 is 22.9 Å². The highest BCUT2D eigenvalue weighted by molar-refractivity contribution is 7.19. The maximum atomic E-state index is 13.8. The highest BCUT2D eigenvalue weighted by Crippen LogP contribution is 2.33. The Morgan fingerprint density at radius 2 is 2.19 bits per heavy atom. The molecular formula is C16H12ClF3N4OS. The van der Waals surface area contributed by atoms with Crippen LogP contribution in [0.5, 0.6) is 0 Å². The standard InChI is InChI=1S/C16H12ClF3N4OS/c1-8-13(14-21-5-6-24(14)15(19)20)26-16(22-8)23-12(25)7-9-10(17)3-2-4-11(9)18/h2-6,15H,7H2,1H3,(H,22,23,25). The lowest BCUT2D eigenvalue weighted by molar-refractivity contribution is -0.115. The molecule has 0 saturated carbocycles. The molecule has 0 unspecified atom stereocenters. The summed E-state index contributed by atoms with van der Waals surface area (Å²) in [6, 6.07) is 4.15. The molecule has 3 aromatic rings. The van der Waals surface area contributed by atoms with E-state index in [0.29, 0.717) is 15.1 Å². The number of amides is 1. The number of rotatable bonds is 5. The fourth-order valence-electron chi connectivity index (χ4n) is 2.33. The Morgan fingerprint density at radius 1 is 1.42 bits per heavy atom. The Balaban J connectivity index is 1.79. The molecule has 2 heterocycles. The Labute approximate surface area is 155 Å². The number of nitrogens with zero attached hydrogens (tertiary/aromatic N) is 3. The highest BCUT2D eigenvalue weighted by atomic mass is 35.5. The lowest BCUT2D eigenvalue weighted by atomic mass is 10.1. The van der Waals surface area contributed by atoms with Gasteiger partial charge in [0.25, 0.3) is 0 Å². The first kappa shape index (κ1) is 18.4. The third kappa shape index (κ3) is 3.73. The third-order valence-electron chi connectivity index (χ3n) is 3.52. The van der Waals surface area contributed by atoms with E-state index in [-0.39, 0.29) is 28.0 Å². The van der Waals surface area contributed by atoms with Crippen LogP contribution in [0.1, 0.15) is 17.8 Å². The van der Waals surface area contributed by atoms with E-state index in [0.717, 1.165) is 17.5 Å². The van der Waals surface area contributed by atoms with E-state index < -0.39 is 18.3 Å². The molecule has 1 aromatic carbocycles. The second-order valence-electron chi connectivity index (χ2n) is 5.29. The first-order chi connectivity index (χ1) is 12.4. The zero-order valence-corrected chi connectivity index (χ0v) is 14.9. The second kappa shape index (κ2) is 7.46. The average Bonchev–Trinajstić information content (AvgIpc) is 3.17. The summed E-state index contributed by atoms with van der Waals surface area (Å²) in [4.78, 5) is 20.7. The van der Waals surface area contributed by atoms with Crippen molar-refractivity contribution >= 4 is 34.0 Å². The number of alkyl halides is 2. The number of hydrogen-bond donors (Lipinski definition) is 1. The van der Waals surface area contributed by atoms with Crippen LogP contribution in [-0.2, 0) is 11.2 Å². The number of benzene rings is 1. The number of imidazole rings is 1. The molecular weight excluding hydrogens is 389 g/mol. The third-order valence-corrected chi connectivity index (χ3v) is 4.95. The number of hydrogen-bond acceptors (Lipinski definition) is 4. The Hall–Kier alpha value is -2.39. The highest BCUT2D eigenvalue weighted by Gasteiger charge is 2.20. The van der Waals surface area contributed by atoms with Gasteiger partial charge in [0, 0.05) is 23.0 Å².